The third-order valence-electron chi connectivity index (χ3n) is 3.58. The smallest absolute Gasteiger partial charge is 0.324 e. The van der Waals surface area contributed by atoms with Gasteiger partial charge in [0.05, 0.1) is 11.0 Å². The van der Waals surface area contributed by atoms with Crippen molar-refractivity contribution >= 4 is 38.5 Å². The van der Waals surface area contributed by atoms with Crippen molar-refractivity contribution in [3.63, 3.8) is 0 Å². The van der Waals surface area contributed by atoms with Crippen molar-refractivity contribution in [1.29, 1.82) is 0 Å². The van der Waals surface area contributed by atoms with Crippen LogP contribution >= 0.6 is 11.8 Å². The second kappa shape index (κ2) is 8.69. The Morgan fingerprint density at radius 2 is 1.84 bits per heavy atom. The molecule has 1 N–H and O–H groups in total. The fraction of sp³-hybridized carbons (Fsp3) is 0.389. The van der Waals surface area contributed by atoms with Crippen LogP contribution in [0.15, 0.2) is 47.4 Å². The number of rotatable bonds is 8. The molecular formula is C18H23NO4S2. The molecule has 0 aromatic heterocycles. The summed E-state index contributed by atoms with van der Waals surface area (Å²) >= 11 is 1.55. The van der Waals surface area contributed by atoms with E-state index in [4.69, 9.17) is 4.74 Å². The lowest BCUT2D eigenvalue weighted by molar-refractivity contribution is -0.149. The van der Waals surface area contributed by atoms with E-state index in [0.717, 1.165) is 5.39 Å². The minimum Gasteiger partial charge on any atom is -0.462 e. The zero-order valence-corrected chi connectivity index (χ0v) is 16.2. The summed E-state index contributed by atoms with van der Waals surface area (Å²) in [5, 5.41) is 1.45. The Bertz CT molecular complexity index is 829. The van der Waals surface area contributed by atoms with Crippen LogP contribution in [0.5, 0.6) is 0 Å². The highest BCUT2D eigenvalue weighted by molar-refractivity contribution is 7.98. The summed E-state index contributed by atoms with van der Waals surface area (Å²) in [7, 11) is -3.86. The minimum atomic E-state index is -3.86. The second-order valence-corrected chi connectivity index (χ2v) is 8.59. The molecule has 0 aliphatic rings. The Kier molecular flexibility index (Phi) is 6.87. The van der Waals surface area contributed by atoms with Crippen LogP contribution in [0.4, 0.5) is 0 Å². The molecule has 25 heavy (non-hydrogen) atoms. The summed E-state index contributed by atoms with van der Waals surface area (Å²) in [4.78, 5) is 12.4. The van der Waals surface area contributed by atoms with E-state index in [1.165, 1.54) is 0 Å². The lowest BCUT2D eigenvalue weighted by atomic mass is 10.1. The zero-order chi connectivity index (χ0) is 18.4. The molecule has 0 radical (unpaired) electrons. The quantitative estimate of drug-likeness (QED) is 0.711. The van der Waals surface area contributed by atoms with Crippen molar-refractivity contribution in [3.8, 4) is 0 Å². The van der Waals surface area contributed by atoms with E-state index >= 15 is 0 Å². The maximum atomic E-state index is 12.9. The molecule has 5 nitrogen and oxygen atoms in total. The SMILES string of the molecule is CSCCC(NS(=O)(=O)c1cccc2ccccc12)C(=O)OC(C)C. The van der Waals surface area contributed by atoms with Gasteiger partial charge in [0.2, 0.25) is 10.0 Å². The molecule has 0 amide bonds. The average molecular weight is 382 g/mol. The molecule has 0 heterocycles. The molecule has 136 valence electrons. The number of carbonyl (C=O) groups is 1. The molecular weight excluding hydrogens is 358 g/mol. The Hall–Kier alpha value is -1.57. The number of sulfonamides is 1. The van der Waals surface area contributed by atoms with Crippen molar-refractivity contribution in [2.24, 2.45) is 0 Å². The van der Waals surface area contributed by atoms with Crippen LogP contribution in [0, 0.1) is 0 Å². The number of hydrogen-bond donors (Lipinski definition) is 1. The number of nitrogens with one attached hydrogen (secondary N) is 1. The number of thioether (sulfide) groups is 1. The van der Waals surface area contributed by atoms with Crippen molar-refractivity contribution < 1.29 is 17.9 Å². The number of ether oxygens (including phenoxy) is 1. The molecule has 7 heteroatoms. The van der Waals surface area contributed by atoms with E-state index in [-0.39, 0.29) is 11.0 Å². The molecule has 0 saturated heterocycles. The molecule has 0 aliphatic carbocycles. The molecule has 2 aromatic rings. The predicted octanol–water partition coefficient (Wildman–Crippen LogP) is 3.19. The van der Waals surface area contributed by atoms with Crippen LogP contribution in [0.3, 0.4) is 0 Å². The first kappa shape index (κ1) is 19.8. The molecule has 1 unspecified atom stereocenters. The number of hydrogen-bond acceptors (Lipinski definition) is 5. The van der Waals surface area contributed by atoms with E-state index in [2.05, 4.69) is 4.72 Å². The van der Waals surface area contributed by atoms with Crippen molar-refractivity contribution in [2.75, 3.05) is 12.0 Å². The van der Waals surface area contributed by atoms with Crippen LogP contribution in [-0.4, -0.2) is 38.5 Å². The highest BCUT2D eigenvalue weighted by Gasteiger charge is 2.28. The van der Waals surface area contributed by atoms with E-state index < -0.39 is 22.0 Å². The van der Waals surface area contributed by atoms with Crippen molar-refractivity contribution in [3.05, 3.63) is 42.5 Å². The first-order valence-electron chi connectivity index (χ1n) is 8.04. The zero-order valence-electron chi connectivity index (χ0n) is 14.6. The number of esters is 1. The first-order valence-corrected chi connectivity index (χ1v) is 10.9. The largest absolute Gasteiger partial charge is 0.462 e. The van der Waals surface area contributed by atoms with Gasteiger partial charge in [-0.15, -0.1) is 0 Å². The normalized spacial score (nSPS) is 13.1. The molecule has 0 bridgehead atoms. The van der Waals surface area contributed by atoms with E-state index in [9.17, 15) is 13.2 Å². The summed E-state index contributed by atoms with van der Waals surface area (Å²) in [5.41, 5.74) is 0. The Labute approximate surface area is 153 Å². The molecule has 0 spiro atoms. The van der Waals surface area contributed by atoms with Crippen LogP contribution < -0.4 is 4.72 Å². The van der Waals surface area contributed by atoms with Gasteiger partial charge in [0.25, 0.3) is 0 Å². The Morgan fingerprint density at radius 3 is 2.52 bits per heavy atom. The van der Waals surface area contributed by atoms with Gasteiger partial charge >= 0.3 is 5.97 Å². The minimum absolute atomic E-state index is 0.164. The number of carbonyl (C=O) groups excluding carboxylic acids is 1. The van der Waals surface area contributed by atoms with Gasteiger partial charge in [0.1, 0.15) is 6.04 Å². The average Bonchev–Trinajstić information content (AvgIpc) is 2.57. The van der Waals surface area contributed by atoms with Gasteiger partial charge < -0.3 is 4.74 Å². The molecule has 2 rings (SSSR count). The van der Waals surface area contributed by atoms with E-state index in [1.807, 2.05) is 24.5 Å². The maximum absolute atomic E-state index is 12.9. The van der Waals surface area contributed by atoms with Crippen molar-refractivity contribution in [1.82, 2.24) is 4.72 Å². The predicted molar refractivity (Wildman–Crippen MR) is 102 cm³/mol. The fourth-order valence-corrected chi connectivity index (χ4v) is 4.38. The van der Waals surface area contributed by atoms with Gasteiger partial charge in [-0.2, -0.15) is 16.5 Å². The van der Waals surface area contributed by atoms with Gasteiger partial charge in [-0.05, 0) is 43.7 Å². The number of fused-ring (bicyclic) bond motifs is 1. The standard InChI is InChI=1S/C18H23NO4S2/c1-13(2)23-18(20)16(11-12-24-3)19-25(21,22)17-10-6-8-14-7-4-5-9-15(14)17/h4-10,13,16,19H,11-12H2,1-3H3. The molecule has 0 aliphatic heterocycles. The number of benzene rings is 2. The third kappa shape index (κ3) is 5.20. The van der Waals surface area contributed by atoms with Crippen LogP contribution in [-0.2, 0) is 19.6 Å². The summed E-state index contributed by atoms with van der Waals surface area (Å²) in [5.74, 6) is 0.100. The van der Waals surface area contributed by atoms with Gasteiger partial charge in [0, 0.05) is 5.39 Å². The fourth-order valence-electron chi connectivity index (χ4n) is 2.46. The van der Waals surface area contributed by atoms with Crippen LogP contribution in [0.2, 0.25) is 0 Å². The van der Waals surface area contributed by atoms with Crippen LogP contribution in [0.25, 0.3) is 10.8 Å². The highest BCUT2D eigenvalue weighted by atomic mass is 32.2. The highest BCUT2D eigenvalue weighted by Crippen LogP contribution is 2.23. The summed E-state index contributed by atoms with van der Waals surface area (Å²) < 4.78 is 33.5. The first-order chi connectivity index (χ1) is 11.8. The van der Waals surface area contributed by atoms with Gasteiger partial charge in [-0.1, -0.05) is 36.4 Å². The van der Waals surface area contributed by atoms with Gasteiger partial charge in [-0.25, -0.2) is 8.42 Å². The summed E-state index contributed by atoms with van der Waals surface area (Å²) in [6.45, 7) is 3.48. The lowest BCUT2D eigenvalue weighted by Crippen LogP contribution is -2.43. The topological polar surface area (TPSA) is 72.5 Å². The second-order valence-electron chi connectivity index (χ2n) is 5.92. The molecule has 2 aromatic carbocycles. The van der Waals surface area contributed by atoms with Crippen molar-refractivity contribution in [2.45, 2.75) is 37.3 Å². The summed E-state index contributed by atoms with van der Waals surface area (Å²) in [6.07, 6.45) is 1.98. The van der Waals surface area contributed by atoms with E-state index in [0.29, 0.717) is 17.6 Å². The summed E-state index contributed by atoms with van der Waals surface area (Å²) in [6, 6.07) is 11.4. The molecule has 1 atom stereocenters. The van der Waals surface area contributed by atoms with Gasteiger partial charge in [-0.3, -0.25) is 4.79 Å². The Morgan fingerprint density at radius 1 is 1.16 bits per heavy atom. The lowest BCUT2D eigenvalue weighted by Gasteiger charge is -2.19. The molecule has 0 fully saturated rings. The third-order valence-corrected chi connectivity index (χ3v) is 5.76. The Balaban J connectivity index is 2.34. The maximum Gasteiger partial charge on any atom is 0.324 e. The monoisotopic (exact) mass is 381 g/mol. The molecule has 0 saturated carbocycles. The van der Waals surface area contributed by atoms with Crippen LogP contribution in [0.1, 0.15) is 20.3 Å². The van der Waals surface area contributed by atoms with E-state index in [1.54, 1.807) is 49.9 Å². The van der Waals surface area contributed by atoms with Gasteiger partial charge in [0.15, 0.2) is 0 Å².